The van der Waals surface area contributed by atoms with E-state index in [4.69, 9.17) is 14.2 Å². The van der Waals surface area contributed by atoms with Crippen molar-refractivity contribution in [2.45, 2.75) is 18.6 Å². The molecule has 5 rings (SSSR count). The van der Waals surface area contributed by atoms with Gasteiger partial charge in [-0.1, -0.05) is 12.1 Å². The van der Waals surface area contributed by atoms with Gasteiger partial charge in [0.2, 0.25) is 11.8 Å². The largest absolute Gasteiger partial charge is 0.493 e. The average molecular weight is 475 g/mol. The molecule has 2 atom stereocenters. The molecule has 2 unspecified atom stereocenters. The summed E-state index contributed by atoms with van der Waals surface area (Å²) >= 11 is 0. The first-order chi connectivity index (χ1) is 17.0. The molecular formula is C25H26N6O4. The van der Waals surface area contributed by atoms with Crippen LogP contribution < -0.4 is 19.1 Å². The number of ether oxygens (including phenoxy) is 3. The van der Waals surface area contributed by atoms with Crippen molar-refractivity contribution in [1.82, 2.24) is 24.8 Å². The zero-order valence-corrected chi connectivity index (χ0v) is 20.0. The minimum absolute atomic E-state index is 0.0343. The van der Waals surface area contributed by atoms with Gasteiger partial charge in [-0.15, -0.1) is 0 Å². The molecule has 0 saturated carbocycles. The number of para-hydroxylation sites is 2. The van der Waals surface area contributed by atoms with E-state index in [9.17, 15) is 4.79 Å². The van der Waals surface area contributed by atoms with Gasteiger partial charge in [0.15, 0.2) is 11.5 Å². The van der Waals surface area contributed by atoms with Crippen LogP contribution >= 0.6 is 0 Å². The first kappa shape index (κ1) is 22.6. The molecule has 0 spiro atoms. The highest BCUT2D eigenvalue weighted by molar-refractivity contribution is 5.95. The van der Waals surface area contributed by atoms with E-state index in [0.717, 1.165) is 16.4 Å². The summed E-state index contributed by atoms with van der Waals surface area (Å²) in [5.41, 5.74) is 2.24. The summed E-state index contributed by atoms with van der Waals surface area (Å²) in [5.74, 6) is 2.15. The zero-order valence-electron chi connectivity index (χ0n) is 20.0. The van der Waals surface area contributed by atoms with Crippen LogP contribution in [-0.4, -0.2) is 77.7 Å². The number of carbonyl (C=O) groups excluding carboxylic acids is 1. The molecule has 1 fully saturated rings. The van der Waals surface area contributed by atoms with E-state index in [-0.39, 0.29) is 12.0 Å². The Labute approximate surface area is 202 Å². The molecule has 0 aliphatic carbocycles. The first-order valence-electron chi connectivity index (χ1n) is 11.2. The van der Waals surface area contributed by atoms with Gasteiger partial charge in [0.05, 0.1) is 43.5 Å². The average Bonchev–Trinajstić information content (AvgIpc) is 3.30. The summed E-state index contributed by atoms with van der Waals surface area (Å²) in [6.07, 6.45) is 3.29. The maximum absolute atomic E-state index is 13.2. The lowest BCUT2D eigenvalue weighted by Crippen LogP contribution is -2.43. The van der Waals surface area contributed by atoms with E-state index in [1.54, 1.807) is 45.5 Å². The third kappa shape index (κ3) is 4.23. The molecule has 0 bridgehead atoms. The van der Waals surface area contributed by atoms with Gasteiger partial charge in [-0.05, 0) is 18.2 Å². The monoisotopic (exact) mass is 474 g/mol. The van der Waals surface area contributed by atoms with Crippen LogP contribution in [0.15, 0.2) is 48.9 Å². The second-order valence-corrected chi connectivity index (χ2v) is 8.49. The number of amides is 1. The molecule has 1 saturated heterocycles. The number of benzene rings is 2. The fourth-order valence-corrected chi connectivity index (χ4v) is 4.42. The quantitative estimate of drug-likeness (QED) is 0.417. The molecule has 1 aliphatic rings. The van der Waals surface area contributed by atoms with E-state index in [1.165, 1.54) is 6.33 Å². The Morgan fingerprint density at radius 1 is 1.00 bits per heavy atom. The molecule has 35 heavy (non-hydrogen) atoms. The number of hydrogen-bond acceptors (Lipinski definition) is 9. The third-order valence-electron chi connectivity index (χ3n) is 6.09. The molecule has 1 aliphatic heterocycles. The summed E-state index contributed by atoms with van der Waals surface area (Å²) in [6.45, 7) is 0.444. The highest BCUT2D eigenvalue weighted by Crippen LogP contribution is 2.37. The van der Waals surface area contributed by atoms with Gasteiger partial charge in [0, 0.05) is 32.0 Å². The lowest BCUT2D eigenvalue weighted by molar-refractivity contribution is -0.130. The van der Waals surface area contributed by atoms with Crippen molar-refractivity contribution in [3.05, 3.63) is 48.9 Å². The number of hydrogen-bond donors (Lipinski definition) is 0. The summed E-state index contributed by atoms with van der Waals surface area (Å²) in [7, 11) is 6.65. The van der Waals surface area contributed by atoms with E-state index in [0.29, 0.717) is 41.7 Å². The van der Waals surface area contributed by atoms with Gasteiger partial charge < -0.3 is 24.0 Å². The van der Waals surface area contributed by atoms with Crippen LogP contribution in [0.25, 0.3) is 21.9 Å². The molecule has 0 N–H and O–H groups in total. The second kappa shape index (κ2) is 9.21. The highest BCUT2D eigenvalue weighted by Gasteiger charge is 2.40. The standard InChI is InChI=1S/C25H26N6O4/c1-30(2)25(32)20-9-15(35-23-12-26-17-7-5-6-8-18(17)29-23)13-31(20)24-16-10-21(33-3)22(34-4)11-19(16)27-14-28-24/h5-8,10-12,14-15,20H,9,13H2,1-4H3. The SMILES string of the molecule is COc1cc2ncnc(N3CC(Oc4cnc5ccccc5n4)CC3C(=O)N(C)C)c2cc1OC. The summed E-state index contributed by atoms with van der Waals surface area (Å²) in [6, 6.07) is 10.8. The zero-order chi connectivity index (χ0) is 24.5. The topological polar surface area (TPSA) is 103 Å². The van der Waals surface area contributed by atoms with Crippen molar-refractivity contribution in [3.63, 3.8) is 0 Å². The van der Waals surface area contributed by atoms with Gasteiger partial charge in [-0.25, -0.2) is 19.9 Å². The smallest absolute Gasteiger partial charge is 0.244 e. The van der Waals surface area contributed by atoms with Crippen molar-refractivity contribution in [3.8, 4) is 17.4 Å². The normalized spacial score (nSPS) is 17.5. The summed E-state index contributed by atoms with van der Waals surface area (Å²) in [5, 5.41) is 0.757. The first-order valence-corrected chi connectivity index (χ1v) is 11.2. The minimum Gasteiger partial charge on any atom is -0.493 e. The van der Waals surface area contributed by atoms with Gasteiger partial charge in [-0.3, -0.25) is 4.79 Å². The van der Waals surface area contributed by atoms with Crippen LogP contribution in [0.5, 0.6) is 17.4 Å². The Hall–Kier alpha value is -4.21. The van der Waals surface area contributed by atoms with Crippen LogP contribution in [0.4, 0.5) is 5.82 Å². The van der Waals surface area contributed by atoms with E-state index in [2.05, 4.69) is 19.9 Å². The molecule has 4 aromatic rings. The summed E-state index contributed by atoms with van der Waals surface area (Å²) < 4.78 is 17.1. The Bertz CT molecular complexity index is 1400. The Balaban J connectivity index is 1.51. The van der Waals surface area contributed by atoms with Crippen LogP contribution in [-0.2, 0) is 4.79 Å². The lowest BCUT2D eigenvalue weighted by Gasteiger charge is -2.27. The predicted molar refractivity (Wildman–Crippen MR) is 131 cm³/mol. The van der Waals surface area contributed by atoms with Crippen molar-refractivity contribution in [1.29, 1.82) is 0 Å². The Kier molecular flexibility index (Phi) is 5.94. The van der Waals surface area contributed by atoms with Crippen LogP contribution in [0.3, 0.4) is 0 Å². The number of fused-ring (bicyclic) bond motifs is 2. The number of likely N-dealkylation sites (N-methyl/N-ethyl adjacent to an activating group) is 1. The number of carbonyl (C=O) groups is 1. The molecule has 1 amide bonds. The number of aromatic nitrogens is 4. The molecule has 0 radical (unpaired) electrons. The van der Waals surface area contributed by atoms with Gasteiger partial charge in [0.1, 0.15) is 24.3 Å². The van der Waals surface area contributed by atoms with Crippen molar-refractivity contribution >= 4 is 33.7 Å². The van der Waals surface area contributed by atoms with Gasteiger partial charge >= 0.3 is 0 Å². The number of nitrogens with zero attached hydrogens (tertiary/aromatic N) is 6. The van der Waals surface area contributed by atoms with Crippen LogP contribution in [0, 0.1) is 0 Å². The lowest BCUT2D eigenvalue weighted by atomic mass is 10.1. The number of rotatable bonds is 6. The van der Waals surface area contributed by atoms with Crippen LogP contribution in [0.2, 0.25) is 0 Å². The Morgan fingerprint density at radius 3 is 2.49 bits per heavy atom. The molecule has 10 heteroatoms. The molecule has 180 valence electrons. The number of anilines is 1. The van der Waals surface area contributed by atoms with Crippen molar-refractivity contribution < 1.29 is 19.0 Å². The predicted octanol–water partition coefficient (Wildman–Crippen LogP) is 2.70. The summed E-state index contributed by atoms with van der Waals surface area (Å²) in [4.78, 5) is 34.7. The Morgan fingerprint density at radius 2 is 1.74 bits per heavy atom. The fourth-order valence-electron chi connectivity index (χ4n) is 4.42. The number of methoxy groups -OCH3 is 2. The van der Waals surface area contributed by atoms with E-state index in [1.807, 2.05) is 35.2 Å². The molecular weight excluding hydrogens is 448 g/mol. The van der Waals surface area contributed by atoms with Gasteiger partial charge in [0.25, 0.3) is 0 Å². The van der Waals surface area contributed by atoms with E-state index < -0.39 is 6.04 Å². The second-order valence-electron chi connectivity index (χ2n) is 8.49. The fraction of sp³-hybridized carbons (Fsp3) is 0.320. The van der Waals surface area contributed by atoms with Crippen molar-refractivity contribution in [2.24, 2.45) is 0 Å². The molecule has 10 nitrogen and oxygen atoms in total. The third-order valence-corrected chi connectivity index (χ3v) is 6.09. The maximum atomic E-state index is 13.2. The van der Waals surface area contributed by atoms with Gasteiger partial charge in [-0.2, -0.15) is 0 Å². The van der Waals surface area contributed by atoms with Crippen molar-refractivity contribution in [2.75, 3.05) is 39.8 Å². The van der Waals surface area contributed by atoms with Crippen LogP contribution in [0.1, 0.15) is 6.42 Å². The maximum Gasteiger partial charge on any atom is 0.244 e. The molecule has 2 aromatic carbocycles. The molecule has 2 aromatic heterocycles. The minimum atomic E-state index is -0.463. The van der Waals surface area contributed by atoms with E-state index >= 15 is 0 Å². The molecule has 3 heterocycles. The highest BCUT2D eigenvalue weighted by atomic mass is 16.5.